The first-order chi connectivity index (χ1) is 8.55. The summed E-state index contributed by atoms with van der Waals surface area (Å²) < 4.78 is 44.1. The van der Waals surface area contributed by atoms with Gasteiger partial charge in [-0.15, -0.1) is 0 Å². The first-order valence-corrected chi connectivity index (χ1v) is 5.00. The fourth-order valence-electron chi connectivity index (χ4n) is 1.69. The number of aromatic nitrogens is 3. The molecule has 4 nitrogen and oxygen atoms in total. The van der Waals surface area contributed by atoms with Crippen molar-refractivity contribution in [3.05, 3.63) is 42.8 Å². The van der Waals surface area contributed by atoms with Crippen molar-refractivity contribution in [1.29, 1.82) is 0 Å². The van der Waals surface area contributed by atoms with Crippen LogP contribution in [0, 0.1) is 0 Å². The first-order valence-electron chi connectivity index (χ1n) is 5.00. The molecule has 92 valence electrons. The van der Waals surface area contributed by atoms with Gasteiger partial charge in [0.25, 0.3) is 0 Å². The van der Waals surface area contributed by atoms with Gasteiger partial charge in [-0.1, -0.05) is 0 Å². The quantitative estimate of drug-likeness (QED) is 0.669. The van der Waals surface area contributed by atoms with Crippen LogP contribution in [0.15, 0.2) is 41.4 Å². The number of rotatable bonds is 1. The van der Waals surface area contributed by atoms with Crippen LogP contribution < -0.4 is 0 Å². The van der Waals surface area contributed by atoms with Gasteiger partial charge in [0.15, 0.2) is 0 Å². The molecule has 0 spiro atoms. The summed E-state index contributed by atoms with van der Waals surface area (Å²) in [5.74, 6) is -0.704. The molecule has 0 saturated carbocycles. The van der Waals surface area contributed by atoms with E-state index < -0.39 is 12.0 Å². The third-order valence-electron chi connectivity index (χ3n) is 2.46. The van der Waals surface area contributed by atoms with Gasteiger partial charge in [0.1, 0.15) is 6.26 Å². The molecule has 0 radical (unpaired) electrons. The first kappa shape index (κ1) is 10.8. The lowest BCUT2D eigenvalue weighted by atomic mass is 10.2. The molecule has 0 N–H and O–H groups in total. The van der Waals surface area contributed by atoms with E-state index in [1.165, 1.54) is 30.9 Å². The van der Waals surface area contributed by atoms with Gasteiger partial charge in [0, 0.05) is 6.20 Å². The molecule has 0 fully saturated rings. The normalized spacial score (nSPS) is 12.2. The van der Waals surface area contributed by atoms with Crippen molar-refractivity contribution in [3.63, 3.8) is 0 Å². The minimum Gasteiger partial charge on any atom is -0.444 e. The van der Waals surface area contributed by atoms with Gasteiger partial charge in [0.2, 0.25) is 11.7 Å². The van der Waals surface area contributed by atoms with E-state index >= 15 is 0 Å². The molecular weight excluding hydrogens is 247 g/mol. The lowest BCUT2D eigenvalue weighted by molar-refractivity contribution is -0.145. The fraction of sp³-hybridized carbons (Fsp3) is 0.0909. The van der Waals surface area contributed by atoms with Crippen LogP contribution in [0.1, 0.15) is 5.82 Å². The van der Waals surface area contributed by atoms with E-state index in [1.807, 2.05) is 0 Å². The summed E-state index contributed by atoms with van der Waals surface area (Å²) in [5.41, 5.74) is 0.814. The average Bonchev–Trinajstić information content (AvgIpc) is 2.96. The fourth-order valence-corrected chi connectivity index (χ4v) is 1.69. The Hall–Kier alpha value is -2.31. The molecule has 0 atom stereocenters. The highest BCUT2D eigenvalue weighted by Crippen LogP contribution is 2.29. The standard InChI is InChI=1S/C11H6F3N3O/c12-11(13,14)10-16-5-8-2-1-7(6-17(8)10)9-15-3-4-18-9/h1-6H. The second-order valence-electron chi connectivity index (χ2n) is 3.63. The molecule has 3 aromatic rings. The van der Waals surface area contributed by atoms with Crippen molar-refractivity contribution >= 4 is 5.52 Å². The molecule has 0 aliphatic rings. The highest BCUT2D eigenvalue weighted by molar-refractivity contribution is 5.58. The van der Waals surface area contributed by atoms with Crippen molar-refractivity contribution in [2.75, 3.05) is 0 Å². The van der Waals surface area contributed by atoms with E-state index in [0.29, 0.717) is 11.1 Å². The summed E-state index contributed by atoms with van der Waals surface area (Å²) in [6, 6.07) is 3.16. The number of imidazole rings is 1. The summed E-state index contributed by atoms with van der Waals surface area (Å²) in [6.45, 7) is 0. The van der Waals surface area contributed by atoms with Crippen LogP contribution in [-0.2, 0) is 6.18 Å². The molecule has 0 unspecified atom stereocenters. The van der Waals surface area contributed by atoms with Gasteiger partial charge >= 0.3 is 6.18 Å². The van der Waals surface area contributed by atoms with Crippen LogP contribution in [0.3, 0.4) is 0 Å². The minimum atomic E-state index is -4.50. The van der Waals surface area contributed by atoms with Gasteiger partial charge in [-0.25, -0.2) is 9.97 Å². The second kappa shape index (κ2) is 3.59. The molecule has 3 heterocycles. The molecule has 3 aromatic heterocycles. The molecular formula is C11H6F3N3O. The number of pyridine rings is 1. The molecule has 0 amide bonds. The van der Waals surface area contributed by atoms with Crippen LogP contribution in [-0.4, -0.2) is 14.4 Å². The predicted octanol–water partition coefficient (Wildman–Crippen LogP) is 3.01. The van der Waals surface area contributed by atoms with E-state index in [-0.39, 0.29) is 5.89 Å². The third kappa shape index (κ3) is 1.64. The van der Waals surface area contributed by atoms with Crippen LogP contribution >= 0.6 is 0 Å². The highest BCUT2D eigenvalue weighted by Gasteiger charge is 2.35. The molecule has 18 heavy (non-hydrogen) atoms. The minimum absolute atomic E-state index is 0.263. The summed E-state index contributed by atoms with van der Waals surface area (Å²) in [4.78, 5) is 7.26. The zero-order valence-electron chi connectivity index (χ0n) is 8.85. The van der Waals surface area contributed by atoms with Gasteiger partial charge < -0.3 is 4.42 Å². The summed E-state index contributed by atoms with van der Waals surface area (Å²) in [7, 11) is 0. The van der Waals surface area contributed by atoms with E-state index in [1.54, 1.807) is 6.07 Å². The monoisotopic (exact) mass is 253 g/mol. The Morgan fingerprint density at radius 2 is 2.00 bits per heavy atom. The second-order valence-corrected chi connectivity index (χ2v) is 3.63. The molecule has 0 saturated heterocycles. The van der Waals surface area contributed by atoms with Crippen molar-refractivity contribution in [2.45, 2.75) is 6.18 Å². The van der Waals surface area contributed by atoms with Crippen molar-refractivity contribution < 1.29 is 17.6 Å². The Morgan fingerprint density at radius 1 is 1.17 bits per heavy atom. The Morgan fingerprint density at radius 3 is 2.67 bits per heavy atom. The molecule has 0 bridgehead atoms. The maximum Gasteiger partial charge on any atom is 0.450 e. The van der Waals surface area contributed by atoms with Crippen molar-refractivity contribution in [2.24, 2.45) is 0 Å². The third-order valence-corrected chi connectivity index (χ3v) is 2.46. The Labute approximate surface area is 98.7 Å². The molecule has 0 aliphatic carbocycles. The van der Waals surface area contributed by atoms with Gasteiger partial charge in [-0.05, 0) is 12.1 Å². The SMILES string of the molecule is FC(F)(F)c1ncc2ccc(-c3ncco3)cn12. The van der Waals surface area contributed by atoms with Crippen molar-refractivity contribution in [3.8, 4) is 11.5 Å². The number of hydrogen-bond acceptors (Lipinski definition) is 3. The van der Waals surface area contributed by atoms with Gasteiger partial charge in [-0.2, -0.15) is 13.2 Å². The van der Waals surface area contributed by atoms with Crippen molar-refractivity contribution in [1.82, 2.24) is 14.4 Å². The molecule has 7 heteroatoms. The van der Waals surface area contributed by atoms with Crippen LogP contribution in [0.4, 0.5) is 13.2 Å². The van der Waals surface area contributed by atoms with E-state index in [4.69, 9.17) is 4.42 Å². The largest absolute Gasteiger partial charge is 0.450 e. The van der Waals surface area contributed by atoms with Gasteiger partial charge in [-0.3, -0.25) is 4.40 Å². The lowest BCUT2D eigenvalue weighted by Crippen LogP contribution is -2.10. The number of oxazole rings is 1. The number of hydrogen-bond donors (Lipinski definition) is 0. The van der Waals surface area contributed by atoms with Crippen LogP contribution in [0.25, 0.3) is 17.0 Å². The molecule has 0 aromatic carbocycles. The topological polar surface area (TPSA) is 43.3 Å². The number of halogens is 3. The zero-order valence-corrected chi connectivity index (χ0v) is 8.85. The van der Waals surface area contributed by atoms with E-state index in [9.17, 15) is 13.2 Å². The average molecular weight is 253 g/mol. The Kier molecular flexibility index (Phi) is 2.16. The van der Waals surface area contributed by atoms with Crippen LogP contribution in [0.2, 0.25) is 0 Å². The Bertz CT molecular complexity index is 685. The predicted molar refractivity (Wildman–Crippen MR) is 55.7 cm³/mol. The zero-order chi connectivity index (χ0) is 12.8. The summed E-state index contributed by atoms with van der Waals surface area (Å²) >= 11 is 0. The number of nitrogens with zero attached hydrogens (tertiary/aromatic N) is 3. The number of fused-ring (bicyclic) bond motifs is 1. The maximum absolute atomic E-state index is 12.7. The molecule has 0 aliphatic heterocycles. The van der Waals surface area contributed by atoms with Gasteiger partial charge in [0.05, 0.1) is 23.5 Å². The van der Waals surface area contributed by atoms with Crippen LogP contribution in [0.5, 0.6) is 0 Å². The summed E-state index contributed by atoms with van der Waals surface area (Å²) in [5, 5.41) is 0. The maximum atomic E-state index is 12.7. The number of alkyl halides is 3. The Balaban J connectivity index is 2.22. The smallest absolute Gasteiger partial charge is 0.444 e. The molecule has 3 rings (SSSR count). The van der Waals surface area contributed by atoms with E-state index in [0.717, 1.165) is 4.40 Å². The van der Waals surface area contributed by atoms with E-state index in [2.05, 4.69) is 9.97 Å². The lowest BCUT2D eigenvalue weighted by Gasteiger charge is -2.05. The highest BCUT2D eigenvalue weighted by atomic mass is 19.4. The summed E-state index contributed by atoms with van der Waals surface area (Å²) in [6.07, 6.45) is 0.761.